The average Bonchev–Trinajstić information content (AvgIpc) is 2.56. The molecule has 0 atom stereocenters. The standard InChI is InChI=1S/C17H18N2O4/c1-12-7-9-13(10-8-12)23-15-6-4-3-5-14(15)19-16(20)11-18-17(21)22-2/h3-10H,11H2,1-2H3,(H,18,21)(H,19,20). The zero-order chi connectivity index (χ0) is 16.7. The van der Waals surface area contributed by atoms with Crippen molar-refractivity contribution in [2.75, 3.05) is 19.0 Å². The first-order chi connectivity index (χ1) is 11.1. The number of anilines is 1. The molecule has 0 aliphatic heterocycles. The summed E-state index contributed by atoms with van der Waals surface area (Å²) in [6.45, 7) is 1.80. The maximum Gasteiger partial charge on any atom is 0.407 e. The quantitative estimate of drug-likeness (QED) is 0.889. The molecule has 2 rings (SSSR count). The van der Waals surface area contributed by atoms with Crippen molar-refractivity contribution < 1.29 is 19.1 Å². The van der Waals surface area contributed by atoms with Crippen molar-refractivity contribution in [3.63, 3.8) is 0 Å². The zero-order valence-electron chi connectivity index (χ0n) is 13.0. The first kappa shape index (κ1) is 16.4. The molecular weight excluding hydrogens is 296 g/mol. The van der Waals surface area contributed by atoms with Gasteiger partial charge in [0.15, 0.2) is 5.75 Å². The number of hydrogen-bond donors (Lipinski definition) is 2. The molecule has 0 unspecified atom stereocenters. The van der Waals surface area contributed by atoms with Gasteiger partial charge in [0.2, 0.25) is 5.91 Å². The SMILES string of the molecule is COC(=O)NCC(=O)Nc1ccccc1Oc1ccc(C)cc1. The molecule has 0 aromatic heterocycles. The number of carbonyl (C=O) groups is 2. The van der Waals surface area contributed by atoms with Crippen LogP contribution >= 0.6 is 0 Å². The summed E-state index contributed by atoms with van der Waals surface area (Å²) in [5, 5.41) is 5.00. The zero-order valence-corrected chi connectivity index (χ0v) is 13.0. The van der Waals surface area contributed by atoms with Gasteiger partial charge in [-0.2, -0.15) is 0 Å². The predicted octanol–water partition coefficient (Wildman–Crippen LogP) is 3.08. The second-order valence-electron chi connectivity index (χ2n) is 4.80. The third-order valence-electron chi connectivity index (χ3n) is 2.99. The Morgan fingerprint density at radius 2 is 1.74 bits per heavy atom. The summed E-state index contributed by atoms with van der Waals surface area (Å²) < 4.78 is 10.2. The molecule has 0 saturated carbocycles. The Balaban J connectivity index is 2.03. The molecule has 6 nitrogen and oxygen atoms in total. The molecule has 0 bridgehead atoms. The van der Waals surface area contributed by atoms with Crippen LogP contribution in [0, 0.1) is 6.92 Å². The van der Waals surface area contributed by atoms with E-state index in [0.29, 0.717) is 17.2 Å². The summed E-state index contributed by atoms with van der Waals surface area (Å²) in [4.78, 5) is 22.8. The summed E-state index contributed by atoms with van der Waals surface area (Å²) >= 11 is 0. The maximum absolute atomic E-state index is 11.8. The number of hydrogen-bond acceptors (Lipinski definition) is 4. The van der Waals surface area contributed by atoms with Crippen LogP contribution in [0.2, 0.25) is 0 Å². The maximum atomic E-state index is 11.8. The van der Waals surface area contributed by atoms with E-state index in [-0.39, 0.29) is 12.5 Å². The van der Waals surface area contributed by atoms with Gasteiger partial charge in [0.25, 0.3) is 0 Å². The van der Waals surface area contributed by atoms with Crippen LogP contribution in [-0.4, -0.2) is 25.7 Å². The van der Waals surface area contributed by atoms with Crippen LogP contribution in [0.3, 0.4) is 0 Å². The number of nitrogens with one attached hydrogen (secondary N) is 2. The van der Waals surface area contributed by atoms with Gasteiger partial charge in [-0.05, 0) is 31.2 Å². The summed E-state index contributed by atoms with van der Waals surface area (Å²) in [5.41, 5.74) is 1.65. The first-order valence-electron chi connectivity index (χ1n) is 7.03. The van der Waals surface area contributed by atoms with Gasteiger partial charge < -0.3 is 20.1 Å². The third-order valence-corrected chi connectivity index (χ3v) is 2.99. The lowest BCUT2D eigenvalue weighted by molar-refractivity contribution is -0.115. The fourth-order valence-electron chi connectivity index (χ4n) is 1.81. The molecule has 0 saturated heterocycles. The predicted molar refractivity (Wildman–Crippen MR) is 86.7 cm³/mol. The minimum atomic E-state index is -0.663. The number of para-hydroxylation sites is 2. The van der Waals surface area contributed by atoms with E-state index in [1.165, 1.54) is 7.11 Å². The first-order valence-corrected chi connectivity index (χ1v) is 7.03. The van der Waals surface area contributed by atoms with Gasteiger partial charge in [-0.1, -0.05) is 29.8 Å². The lowest BCUT2D eigenvalue weighted by Crippen LogP contribution is -2.32. The largest absolute Gasteiger partial charge is 0.455 e. The fraction of sp³-hybridized carbons (Fsp3) is 0.176. The molecule has 0 radical (unpaired) electrons. The molecule has 0 fully saturated rings. The molecule has 0 aliphatic rings. The van der Waals surface area contributed by atoms with Gasteiger partial charge in [0.05, 0.1) is 12.8 Å². The average molecular weight is 314 g/mol. The molecular formula is C17H18N2O4. The van der Waals surface area contributed by atoms with Crippen LogP contribution in [0.4, 0.5) is 10.5 Å². The van der Waals surface area contributed by atoms with E-state index in [0.717, 1.165) is 5.56 Å². The van der Waals surface area contributed by atoms with E-state index < -0.39 is 6.09 Å². The van der Waals surface area contributed by atoms with Crippen LogP contribution in [-0.2, 0) is 9.53 Å². The summed E-state index contributed by atoms with van der Waals surface area (Å²) in [6.07, 6.45) is -0.663. The Labute approximate surface area is 134 Å². The highest BCUT2D eigenvalue weighted by molar-refractivity contribution is 5.95. The molecule has 23 heavy (non-hydrogen) atoms. The van der Waals surface area contributed by atoms with E-state index in [4.69, 9.17) is 4.74 Å². The highest BCUT2D eigenvalue weighted by Crippen LogP contribution is 2.29. The van der Waals surface area contributed by atoms with Gasteiger partial charge in [0.1, 0.15) is 12.3 Å². The molecule has 6 heteroatoms. The van der Waals surface area contributed by atoms with Crippen molar-refractivity contribution in [3.05, 3.63) is 54.1 Å². The van der Waals surface area contributed by atoms with Crippen LogP contribution in [0.15, 0.2) is 48.5 Å². The Kier molecular flexibility index (Phi) is 5.57. The van der Waals surface area contributed by atoms with Gasteiger partial charge in [0, 0.05) is 0 Å². The van der Waals surface area contributed by atoms with Crippen LogP contribution < -0.4 is 15.4 Å². The van der Waals surface area contributed by atoms with Crippen LogP contribution in [0.5, 0.6) is 11.5 Å². The fourth-order valence-corrected chi connectivity index (χ4v) is 1.81. The molecule has 0 spiro atoms. The highest BCUT2D eigenvalue weighted by atomic mass is 16.5. The van der Waals surface area contributed by atoms with Crippen molar-refractivity contribution in [1.29, 1.82) is 0 Å². The number of carbonyl (C=O) groups excluding carboxylic acids is 2. The Morgan fingerprint density at radius 1 is 1.04 bits per heavy atom. The number of ether oxygens (including phenoxy) is 2. The minimum absolute atomic E-state index is 0.189. The number of amides is 2. The Bertz CT molecular complexity index is 683. The number of methoxy groups -OCH3 is 1. The second-order valence-corrected chi connectivity index (χ2v) is 4.80. The van der Waals surface area contributed by atoms with Crippen molar-refractivity contribution in [1.82, 2.24) is 5.32 Å². The normalized spacial score (nSPS) is 9.83. The molecule has 2 amide bonds. The van der Waals surface area contributed by atoms with E-state index in [9.17, 15) is 9.59 Å². The van der Waals surface area contributed by atoms with Gasteiger partial charge in [-0.3, -0.25) is 4.79 Å². The molecule has 2 aromatic carbocycles. The number of alkyl carbamates (subject to hydrolysis) is 1. The van der Waals surface area contributed by atoms with E-state index in [1.807, 2.05) is 37.3 Å². The van der Waals surface area contributed by atoms with Crippen molar-refractivity contribution in [2.24, 2.45) is 0 Å². The molecule has 2 aromatic rings. The Morgan fingerprint density at radius 3 is 2.43 bits per heavy atom. The lowest BCUT2D eigenvalue weighted by Gasteiger charge is -2.12. The van der Waals surface area contributed by atoms with Gasteiger partial charge in [-0.15, -0.1) is 0 Å². The van der Waals surface area contributed by atoms with Crippen LogP contribution in [0.25, 0.3) is 0 Å². The van der Waals surface area contributed by atoms with Gasteiger partial charge in [-0.25, -0.2) is 4.79 Å². The van der Waals surface area contributed by atoms with E-state index >= 15 is 0 Å². The van der Waals surface area contributed by atoms with Crippen molar-refractivity contribution >= 4 is 17.7 Å². The molecule has 2 N–H and O–H groups in total. The van der Waals surface area contributed by atoms with Crippen molar-refractivity contribution in [3.8, 4) is 11.5 Å². The second kappa shape index (κ2) is 7.84. The van der Waals surface area contributed by atoms with Crippen LogP contribution in [0.1, 0.15) is 5.56 Å². The van der Waals surface area contributed by atoms with Crippen molar-refractivity contribution in [2.45, 2.75) is 6.92 Å². The monoisotopic (exact) mass is 314 g/mol. The Hall–Kier alpha value is -3.02. The highest BCUT2D eigenvalue weighted by Gasteiger charge is 2.09. The number of rotatable bonds is 5. The number of aryl methyl sites for hydroxylation is 1. The van der Waals surface area contributed by atoms with E-state index in [1.54, 1.807) is 18.2 Å². The summed E-state index contributed by atoms with van der Waals surface area (Å²) in [5.74, 6) is 0.808. The van der Waals surface area contributed by atoms with E-state index in [2.05, 4.69) is 15.4 Å². The topological polar surface area (TPSA) is 76.7 Å². The minimum Gasteiger partial charge on any atom is -0.455 e. The summed E-state index contributed by atoms with van der Waals surface area (Å²) in [7, 11) is 1.23. The molecule has 0 aliphatic carbocycles. The molecule has 120 valence electrons. The number of benzene rings is 2. The van der Waals surface area contributed by atoms with Gasteiger partial charge >= 0.3 is 6.09 Å². The smallest absolute Gasteiger partial charge is 0.407 e. The summed E-state index contributed by atoms with van der Waals surface area (Å²) in [6, 6.07) is 14.7. The third kappa shape index (κ3) is 5.03. The lowest BCUT2D eigenvalue weighted by atomic mass is 10.2. The molecule has 0 heterocycles.